The SMILES string of the molecule is O=C1[C@@H]2[C@H](C(=O)N1Cc1cncnc1)[C@@H]1C=C[C@H]2C1. The lowest BCUT2D eigenvalue weighted by Crippen LogP contribution is -2.32. The zero-order valence-corrected chi connectivity index (χ0v) is 10.3. The molecule has 4 rings (SSSR count). The minimum Gasteiger partial charge on any atom is -0.277 e. The second-order valence-electron chi connectivity index (χ2n) is 5.51. The molecule has 1 aliphatic heterocycles. The van der Waals surface area contributed by atoms with Crippen LogP contribution in [0.25, 0.3) is 0 Å². The highest BCUT2D eigenvalue weighted by Gasteiger charge is 2.59. The minimum absolute atomic E-state index is 0.0179. The molecule has 19 heavy (non-hydrogen) atoms. The first-order chi connectivity index (χ1) is 9.25. The van der Waals surface area contributed by atoms with Crippen molar-refractivity contribution >= 4 is 11.8 Å². The van der Waals surface area contributed by atoms with Crippen LogP contribution in [-0.2, 0) is 16.1 Å². The van der Waals surface area contributed by atoms with E-state index in [0.29, 0.717) is 6.54 Å². The number of hydrogen-bond donors (Lipinski definition) is 0. The molecule has 5 nitrogen and oxygen atoms in total. The van der Waals surface area contributed by atoms with Gasteiger partial charge in [-0.3, -0.25) is 14.5 Å². The lowest BCUT2D eigenvalue weighted by Gasteiger charge is -2.16. The van der Waals surface area contributed by atoms with Crippen molar-refractivity contribution < 1.29 is 9.59 Å². The molecule has 1 saturated heterocycles. The van der Waals surface area contributed by atoms with Gasteiger partial charge in [0.05, 0.1) is 18.4 Å². The fourth-order valence-corrected chi connectivity index (χ4v) is 3.71. The van der Waals surface area contributed by atoms with Crippen LogP contribution in [0.2, 0.25) is 0 Å². The van der Waals surface area contributed by atoms with Gasteiger partial charge < -0.3 is 0 Å². The smallest absolute Gasteiger partial charge is 0.234 e. The molecule has 0 N–H and O–H groups in total. The van der Waals surface area contributed by atoms with E-state index in [-0.39, 0.29) is 35.5 Å². The first-order valence-electron chi connectivity index (χ1n) is 6.53. The highest BCUT2D eigenvalue weighted by molar-refractivity contribution is 6.06. The first-order valence-corrected chi connectivity index (χ1v) is 6.53. The highest BCUT2D eigenvalue weighted by atomic mass is 16.2. The third-order valence-electron chi connectivity index (χ3n) is 4.52. The molecule has 0 radical (unpaired) electrons. The number of aromatic nitrogens is 2. The van der Waals surface area contributed by atoms with Crippen LogP contribution in [0.3, 0.4) is 0 Å². The molecule has 2 aliphatic carbocycles. The van der Waals surface area contributed by atoms with Crippen LogP contribution >= 0.6 is 0 Å². The van der Waals surface area contributed by atoms with E-state index in [4.69, 9.17) is 0 Å². The molecular weight excluding hydrogens is 242 g/mol. The molecule has 0 spiro atoms. The molecular formula is C14H13N3O2. The lowest BCUT2D eigenvalue weighted by atomic mass is 9.85. The number of rotatable bonds is 2. The third kappa shape index (κ3) is 1.41. The fraction of sp³-hybridized carbons (Fsp3) is 0.429. The highest BCUT2D eigenvalue weighted by Crippen LogP contribution is 2.52. The standard InChI is InChI=1S/C14H13N3O2/c18-13-11-9-1-2-10(3-9)12(11)14(19)17(13)6-8-4-15-7-16-5-8/h1-2,4-5,7,9-12H,3,6H2/t9-,10+,11-,12+. The average molecular weight is 255 g/mol. The normalized spacial score (nSPS) is 35.3. The van der Waals surface area contributed by atoms with Gasteiger partial charge in [-0.1, -0.05) is 12.2 Å². The van der Waals surface area contributed by atoms with Gasteiger partial charge in [0.15, 0.2) is 0 Å². The molecule has 3 aliphatic rings. The van der Waals surface area contributed by atoms with E-state index in [1.807, 2.05) is 0 Å². The van der Waals surface area contributed by atoms with Crippen molar-refractivity contribution in [3.05, 3.63) is 36.4 Å². The maximum atomic E-state index is 12.4. The summed E-state index contributed by atoms with van der Waals surface area (Å²) in [4.78, 5) is 34.1. The van der Waals surface area contributed by atoms with Gasteiger partial charge in [0.2, 0.25) is 11.8 Å². The minimum atomic E-state index is -0.118. The Hall–Kier alpha value is -2.04. The van der Waals surface area contributed by atoms with Crippen molar-refractivity contribution in [2.24, 2.45) is 23.7 Å². The van der Waals surface area contributed by atoms with Gasteiger partial charge in [-0.2, -0.15) is 0 Å². The summed E-state index contributed by atoms with van der Waals surface area (Å²) in [5.74, 6) is 0.262. The van der Waals surface area contributed by atoms with E-state index in [2.05, 4.69) is 22.1 Å². The molecule has 5 heteroatoms. The van der Waals surface area contributed by atoms with Crippen LogP contribution in [0, 0.1) is 23.7 Å². The predicted molar refractivity (Wildman–Crippen MR) is 65.3 cm³/mol. The van der Waals surface area contributed by atoms with Crippen LogP contribution in [-0.4, -0.2) is 26.7 Å². The van der Waals surface area contributed by atoms with Crippen molar-refractivity contribution in [3.8, 4) is 0 Å². The molecule has 2 amide bonds. The third-order valence-corrected chi connectivity index (χ3v) is 4.52. The predicted octanol–water partition coefficient (Wildman–Crippen LogP) is 0.784. The summed E-state index contributed by atoms with van der Waals surface area (Å²) in [6.45, 7) is 0.297. The van der Waals surface area contributed by atoms with Gasteiger partial charge in [0.25, 0.3) is 0 Å². The number of carbonyl (C=O) groups excluding carboxylic acids is 2. The fourth-order valence-electron chi connectivity index (χ4n) is 3.71. The number of imide groups is 1. The Balaban J connectivity index is 1.62. The van der Waals surface area contributed by atoms with Gasteiger partial charge in [-0.05, 0) is 18.3 Å². The quantitative estimate of drug-likeness (QED) is 0.579. The van der Waals surface area contributed by atoms with E-state index >= 15 is 0 Å². The van der Waals surface area contributed by atoms with Gasteiger partial charge in [0, 0.05) is 18.0 Å². The Kier molecular flexibility index (Phi) is 2.13. The molecule has 2 heterocycles. The summed E-state index contributed by atoms with van der Waals surface area (Å²) in [7, 11) is 0. The Bertz CT molecular complexity index is 554. The molecule has 1 aromatic rings. The molecule has 2 bridgehead atoms. The first kappa shape index (κ1) is 10.8. The van der Waals surface area contributed by atoms with E-state index in [1.54, 1.807) is 12.4 Å². The molecule has 1 aromatic heterocycles. The zero-order valence-electron chi connectivity index (χ0n) is 10.3. The Morgan fingerprint density at radius 3 is 2.21 bits per heavy atom. The second-order valence-corrected chi connectivity index (χ2v) is 5.51. The van der Waals surface area contributed by atoms with Crippen molar-refractivity contribution in [1.82, 2.24) is 14.9 Å². The summed E-state index contributed by atoms with van der Waals surface area (Å²) < 4.78 is 0. The largest absolute Gasteiger partial charge is 0.277 e. The van der Waals surface area contributed by atoms with Crippen molar-refractivity contribution in [1.29, 1.82) is 0 Å². The maximum absolute atomic E-state index is 12.4. The molecule has 96 valence electrons. The zero-order chi connectivity index (χ0) is 13.0. The second kappa shape index (κ2) is 3.73. The van der Waals surface area contributed by atoms with Crippen LogP contribution < -0.4 is 0 Å². The number of fused-ring (bicyclic) bond motifs is 5. The monoisotopic (exact) mass is 255 g/mol. The topological polar surface area (TPSA) is 63.2 Å². The van der Waals surface area contributed by atoms with Gasteiger partial charge in [-0.15, -0.1) is 0 Å². The van der Waals surface area contributed by atoms with E-state index < -0.39 is 0 Å². The number of amides is 2. The Labute approximate surface area is 110 Å². The van der Waals surface area contributed by atoms with Gasteiger partial charge in [-0.25, -0.2) is 9.97 Å². The number of allylic oxidation sites excluding steroid dienone is 2. The number of carbonyl (C=O) groups is 2. The maximum Gasteiger partial charge on any atom is 0.234 e. The average Bonchev–Trinajstić information content (AvgIpc) is 3.10. The summed E-state index contributed by atoms with van der Waals surface area (Å²) in [6.07, 6.45) is 9.91. The molecule has 2 fully saturated rings. The van der Waals surface area contributed by atoms with Crippen molar-refractivity contribution in [2.75, 3.05) is 0 Å². The summed E-state index contributed by atoms with van der Waals surface area (Å²) >= 11 is 0. The Morgan fingerprint density at radius 1 is 1.05 bits per heavy atom. The van der Waals surface area contributed by atoms with E-state index in [9.17, 15) is 9.59 Å². The summed E-state index contributed by atoms with van der Waals surface area (Å²) in [6, 6.07) is 0. The van der Waals surface area contributed by atoms with Crippen molar-refractivity contribution in [3.63, 3.8) is 0 Å². The molecule has 4 atom stereocenters. The van der Waals surface area contributed by atoms with Gasteiger partial charge in [0.1, 0.15) is 6.33 Å². The Morgan fingerprint density at radius 2 is 1.63 bits per heavy atom. The molecule has 0 aromatic carbocycles. The lowest BCUT2D eigenvalue weighted by molar-refractivity contribution is -0.141. The van der Waals surface area contributed by atoms with Gasteiger partial charge >= 0.3 is 0 Å². The number of nitrogens with zero attached hydrogens (tertiary/aromatic N) is 3. The van der Waals surface area contributed by atoms with Crippen LogP contribution in [0.4, 0.5) is 0 Å². The van der Waals surface area contributed by atoms with Crippen LogP contribution in [0.1, 0.15) is 12.0 Å². The molecule has 1 saturated carbocycles. The van der Waals surface area contributed by atoms with Crippen molar-refractivity contribution in [2.45, 2.75) is 13.0 Å². The van der Waals surface area contributed by atoms with Crippen LogP contribution in [0.15, 0.2) is 30.9 Å². The molecule has 0 unspecified atom stereocenters. The number of hydrogen-bond acceptors (Lipinski definition) is 4. The van der Waals surface area contributed by atoms with E-state index in [0.717, 1.165) is 12.0 Å². The number of likely N-dealkylation sites (tertiary alicyclic amines) is 1. The van der Waals surface area contributed by atoms with Crippen LogP contribution in [0.5, 0.6) is 0 Å². The van der Waals surface area contributed by atoms with E-state index in [1.165, 1.54) is 11.2 Å². The summed E-state index contributed by atoms with van der Waals surface area (Å²) in [5, 5.41) is 0. The summed E-state index contributed by atoms with van der Waals surface area (Å²) in [5.41, 5.74) is 0.796.